The summed E-state index contributed by atoms with van der Waals surface area (Å²) in [6, 6.07) is 7.48. The first-order valence-corrected chi connectivity index (χ1v) is 21.0. The van der Waals surface area contributed by atoms with E-state index in [1.54, 1.807) is 0 Å². The fourth-order valence-electron chi connectivity index (χ4n) is 6.51. The van der Waals surface area contributed by atoms with Crippen LogP contribution in [0.2, 0.25) is 5.02 Å². The van der Waals surface area contributed by atoms with Crippen molar-refractivity contribution in [1.29, 1.82) is 0 Å². The predicted octanol–water partition coefficient (Wildman–Crippen LogP) is 5.55. The molecule has 312 valence electrons. The van der Waals surface area contributed by atoms with Gasteiger partial charge < -0.3 is 43.8 Å². The van der Waals surface area contributed by atoms with Gasteiger partial charge in [-0.1, -0.05) is 58.4 Å². The lowest BCUT2D eigenvalue weighted by Crippen LogP contribution is -2.71. The summed E-state index contributed by atoms with van der Waals surface area (Å²) < 4.78 is 61.1. The van der Waals surface area contributed by atoms with Crippen molar-refractivity contribution in [1.82, 2.24) is 14.8 Å². The quantitative estimate of drug-likeness (QED) is 0.0799. The summed E-state index contributed by atoms with van der Waals surface area (Å²) in [5, 5.41) is 23.8. The van der Waals surface area contributed by atoms with Gasteiger partial charge in [0.05, 0.1) is 29.9 Å². The summed E-state index contributed by atoms with van der Waals surface area (Å²) in [6.07, 6.45) is -2.15. The predicted molar refractivity (Wildman–Crippen MR) is 206 cm³/mol. The van der Waals surface area contributed by atoms with Gasteiger partial charge in [-0.05, 0) is 31.0 Å². The first-order valence-electron chi connectivity index (χ1n) is 18.5. The van der Waals surface area contributed by atoms with E-state index in [-0.39, 0.29) is 60.0 Å². The molecule has 0 aliphatic carbocycles. The topological polar surface area (TPSA) is 191 Å². The van der Waals surface area contributed by atoms with Crippen LogP contribution in [0.25, 0.3) is 10.9 Å². The number of rotatable bonds is 14. The molecule has 2 unspecified atom stereocenters. The van der Waals surface area contributed by atoms with Crippen LogP contribution in [-0.2, 0) is 46.3 Å². The Hall–Kier alpha value is -4.37. The molecule has 0 bridgehead atoms. The summed E-state index contributed by atoms with van der Waals surface area (Å²) in [5.74, 6) is -3.41. The van der Waals surface area contributed by atoms with E-state index in [0.29, 0.717) is 10.9 Å². The van der Waals surface area contributed by atoms with E-state index in [1.807, 2.05) is 0 Å². The number of Topliss-reactive ketones (excluding diaryl/α,β-unsaturated/α-hetero) is 1. The molecule has 3 N–H and O–H groups in total. The van der Waals surface area contributed by atoms with Crippen molar-refractivity contribution in [3.05, 3.63) is 64.6 Å². The second kappa shape index (κ2) is 18.5. The lowest BCUT2D eigenvalue weighted by Gasteiger charge is -2.56. The molecule has 14 nitrogen and oxygen atoms in total. The van der Waals surface area contributed by atoms with E-state index in [9.17, 15) is 47.5 Å². The normalized spacial score (nSPS) is 22.3. The molecule has 3 aromatic rings. The first kappa shape index (κ1) is 45.3. The molecule has 0 spiro atoms. The number of ketones is 1. The lowest BCUT2D eigenvalue weighted by molar-refractivity contribution is -0.270. The SMILES string of the molecule is CC(C)C.CCC(=O)OC1(OC(=O)CC)C(O)(CO)CP1(=O)COc1ccc2c(C(C)=O)cn(CC(=O)N3C[C@H](F)C[C@H]3C(=O)NCc3cccc(Cl)c3F)c2c1. The Morgan fingerprint density at radius 2 is 1.70 bits per heavy atom. The van der Waals surface area contributed by atoms with Crippen LogP contribution in [0.15, 0.2) is 42.6 Å². The van der Waals surface area contributed by atoms with Crippen LogP contribution in [0.4, 0.5) is 8.78 Å². The second-order valence-electron chi connectivity index (χ2n) is 14.7. The van der Waals surface area contributed by atoms with Gasteiger partial charge in [0.1, 0.15) is 36.7 Å². The minimum atomic E-state index is -4.09. The maximum absolute atomic E-state index is 14.7. The third-order valence-corrected chi connectivity index (χ3v) is 12.9. The summed E-state index contributed by atoms with van der Waals surface area (Å²) in [4.78, 5) is 65.2. The van der Waals surface area contributed by atoms with Crippen LogP contribution in [0.5, 0.6) is 5.75 Å². The largest absolute Gasteiger partial charge is 0.486 e. The number of hydrogen-bond acceptors (Lipinski definition) is 11. The monoisotopic (exact) mass is 839 g/mol. The summed E-state index contributed by atoms with van der Waals surface area (Å²) in [5.41, 5.74) is -4.44. The average Bonchev–Trinajstić information content (AvgIpc) is 3.73. The van der Waals surface area contributed by atoms with E-state index < -0.39 is 85.7 Å². The van der Waals surface area contributed by atoms with E-state index >= 15 is 0 Å². The average molecular weight is 840 g/mol. The Morgan fingerprint density at radius 1 is 1.07 bits per heavy atom. The van der Waals surface area contributed by atoms with Gasteiger partial charge in [-0.3, -0.25) is 24.0 Å². The highest BCUT2D eigenvalue weighted by atomic mass is 35.5. The maximum Gasteiger partial charge on any atom is 0.342 e. The summed E-state index contributed by atoms with van der Waals surface area (Å²) in [7, 11) is -4.09. The number of ether oxygens (including phenoxy) is 3. The standard InChI is InChI=1S/C35H39ClF2N3O11P.C4H10/c1-4-30(45)51-35(52-31(46)5-2)34(48,17-42)18-53(35,49)19-50-23-9-10-24-25(20(3)43)15-40(27(24)12-23)16-29(44)41-14-22(37)11-28(41)33(47)39-13-21-7-6-8-26(36)32(21)38;1-4(2)3/h6-10,12,15,22,28,42,48H,4-5,11,13-14,16-19H2,1-3H3,(H,39,47);4H,1-3H3/t22-,28+,34?,53?;/m1./s1. The van der Waals surface area contributed by atoms with E-state index in [0.717, 1.165) is 10.8 Å². The molecule has 2 fully saturated rings. The molecule has 1 aromatic heterocycles. The zero-order valence-corrected chi connectivity index (χ0v) is 34.3. The number of nitrogens with zero attached hydrogens (tertiary/aromatic N) is 2. The van der Waals surface area contributed by atoms with Gasteiger partial charge in [-0.15, -0.1) is 0 Å². The molecule has 2 aliphatic rings. The van der Waals surface area contributed by atoms with Gasteiger partial charge in [-0.2, -0.15) is 0 Å². The van der Waals surface area contributed by atoms with Gasteiger partial charge in [-0.25, -0.2) is 8.78 Å². The maximum atomic E-state index is 14.7. The fraction of sp³-hybridized carbons (Fsp3) is 0.513. The van der Waals surface area contributed by atoms with Crippen LogP contribution >= 0.6 is 18.7 Å². The lowest BCUT2D eigenvalue weighted by atomic mass is 10.1. The van der Waals surface area contributed by atoms with E-state index in [2.05, 4.69) is 26.1 Å². The molecule has 3 heterocycles. The van der Waals surface area contributed by atoms with Gasteiger partial charge in [0.2, 0.25) is 19.0 Å². The molecule has 2 aliphatic heterocycles. The first-order chi connectivity index (χ1) is 26.7. The van der Waals surface area contributed by atoms with Gasteiger partial charge in [0, 0.05) is 54.6 Å². The molecule has 0 saturated carbocycles. The number of fused-ring (bicyclic) bond motifs is 1. The number of carbonyl (C=O) groups is 5. The number of aliphatic hydroxyl groups excluding tert-OH is 1. The van der Waals surface area contributed by atoms with Crippen molar-refractivity contribution < 1.29 is 61.7 Å². The molecule has 5 rings (SSSR count). The summed E-state index contributed by atoms with van der Waals surface area (Å²) >= 11 is 5.82. The highest BCUT2D eigenvalue weighted by Crippen LogP contribution is 2.74. The van der Waals surface area contributed by atoms with Gasteiger partial charge in [0.15, 0.2) is 11.4 Å². The molecular formula is C39H49ClF2N3O11P. The van der Waals surface area contributed by atoms with Crippen molar-refractivity contribution in [2.24, 2.45) is 5.92 Å². The van der Waals surface area contributed by atoms with Crippen molar-refractivity contribution in [2.45, 2.75) is 97.2 Å². The Bertz CT molecular complexity index is 2040. The molecule has 4 atom stereocenters. The van der Waals surface area contributed by atoms with Crippen LogP contribution in [0.1, 0.15) is 76.7 Å². The van der Waals surface area contributed by atoms with Gasteiger partial charge >= 0.3 is 17.5 Å². The van der Waals surface area contributed by atoms with Crippen LogP contribution in [-0.4, -0.2) is 98.2 Å². The van der Waals surface area contributed by atoms with Crippen molar-refractivity contribution >= 4 is 59.2 Å². The molecule has 2 saturated heterocycles. The Kier molecular flexibility index (Phi) is 14.7. The minimum absolute atomic E-state index is 0.0575. The van der Waals surface area contributed by atoms with Crippen LogP contribution < -0.4 is 10.1 Å². The van der Waals surface area contributed by atoms with E-state index in [4.69, 9.17) is 25.8 Å². The molecular weight excluding hydrogens is 791 g/mol. The summed E-state index contributed by atoms with van der Waals surface area (Å²) in [6.45, 7) is 8.58. The number of hydrogen-bond donors (Lipinski definition) is 3. The Morgan fingerprint density at radius 3 is 2.28 bits per heavy atom. The zero-order chi connectivity index (χ0) is 42.5. The van der Waals surface area contributed by atoms with Crippen LogP contribution in [0.3, 0.4) is 0 Å². The van der Waals surface area contributed by atoms with Crippen molar-refractivity contribution in [2.75, 3.05) is 25.7 Å². The minimum Gasteiger partial charge on any atom is -0.486 e. The third kappa shape index (κ3) is 9.68. The second-order valence-corrected chi connectivity index (χ2v) is 18.1. The third-order valence-electron chi connectivity index (χ3n) is 9.32. The molecule has 18 heteroatoms. The Balaban J connectivity index is 0.00000172. The van der Waals surface area contributed by atoms with Gasteiger partial charge in [0.25, 0.3) is 0 Å². The molecule has 2 amide bonds. The smallest absolute Gasteiger partial charge is 0.342 e. The Labute approximate surface area is 334 Å². The van der Waals surface area contributed by atoms with E-state index in [1.165, 1.54) is 67.9 Å². The highest BCUT2D eigenvalue weighted by Gasteiger charge is 2.79. The number of esters is 2. The van der Waals surface area contributed by atoms with Crippen molar-refractivity contribution in [3.63, 3.8) is 0 Å². The number of halogens is 3. The zero-order valence-electron chi connectivity index (χ0n) is 32.7. The number of benzene rings is 2. The highest BCUT2D eigenvalue weighted by molar-refractivity contribution is 7.67. The molecule has 0 radical (unpaired) electrons. The number of aromatic nitrogens is 1. The number of aliphatic hydroxyl groups is 2. The fourth-order valence-corrected chi connectivity index (χ4v) is 9.86. The van der Waals surface area contributed by atoms with Crippen LogP contribution in [0, 0.1) is 11.7 Å². The number of likely N-dealkylation sites (tertiary alicyclic amines) is 1. The molecule has 2 aromatic carbocycles. The number of amides is 2. The number of alkyl halides is 1. The van der Waals surface area contributed by atoms with Crippen molar-refractivity contribution in [3.8, 4) is 5.75 Å². The number of carbonyl (C=O) groups excluding carboxylic acids is 5. The number of nitrogens with one attached hydrogen (secondary N) is 1. The molecule has 57 heavy (non-hydrogen) atoms.